The third-order valence-electron chi connectivity index (χ3n) is 4.22. The first-order valence-electron chi connectivity index (χ1n) is 8.07. The highest BCUT2D eigenvalue weighted by molar-refractivity contribution is 6.31. The Morgan fingerprint density at radius 2 is 2.00 bits per heavy atom. The molecule has 0 unspecified atom stereocenters. The van der Waals surface area contributed by atoms with E-state index in [-0.39, 0.29) is 12.5 Å². The minimum absolute atomic E-state index is 0.104. The molecule has 1 aromatic carbocycles. The molecule has 6 heteroatoms. The number of nitrogens with zero attached hydrogens (tertiary/aromatic N) is 3. The Kier molecular flexibility index (Phi) is 5.20. The number of pyridine rings is 1. The van der Waals surface area contributed by atoms with Crippen LogP contribution in [0.1, 0.15) is 5.56 Å². The summed E-state index contributed by atoms with van der Waals surface area (Å²) in [5, 5.41) is 3.86. The number of halogens is 1. The van der Waals surface area contributed by atoms with Gasteiger partial charge in [-0.15, -0.1) is 0 Å². The van der Waals surface area contributed by atoms with E-state index in [0.717, 1.165) is 30.2 Å². The molecule has 24 heavy (non-hydrogen) atoms. The van der Waals surface area contributed by atoms with Crippen LogP contribution in [0.15, 0.2) is 42.6 Å². The second kappa shape index (κ2) is 7.53. The number of hydrogen-bond donors (Lipinski definition) is 1. The van der Waals surface area contributed by atoms with Gasteiger partial charge in [0.25, 0.3) is 0 Å². The topological polar surface area (TPSA) is 48.5 Å². The van der Waals surface area contributed by atoms with Crippen LogP contribution in [-0.2, 0) is 4.79 Å². The van der Waals surface area contributed by atoms with E-state index in [4.69, 9.17) is 11.6 Å². The Hall–Kier alpha value is -2.27. The number of anilines is 2. The molecular formula is C18H21ClN4O. The highest BCUT2D eigenvalue weighted by atomic mass is 35.5. The molecule has 0 atom stereocenters. The van der Waals surface area contributed by atoms with Crippen molar-refractivity contribution in [2.45, 2.75) is 6.92 Å². The molecule has 0 bridgehead atoms. The molecule has 0 radical (unpaired) electrons. The molecule has 1 saturated heterocycles. The predicted octanol–water partition coefficient (Wildman–Crippen LogP) is 2.80. The molecule has 1 N–H and O–H groups in total. The molecule has 0 saturated carbocycles. The smallest absolute Gasteiger partial charge is 0.241 e. The Morgan fingerprint density at radius 1 is 1.21 bits per heavy atom. The highest BCUT2D eigenvalue weighted by Gasteiger charge is 2.21. The molecule has 1 aromatic heterocycles. The number of nitrogens with one attached hydrogen (secondary N) is 1. The summed E-state index contributed by atoms with van der Waals surface area (Å²) in [6.45, 7) is 5.27. The molecule has 1 aliphatic rings. The van der Waals surface area contributed by atoms with Gasteiger partial charge in [0.05, 0.1) is 6.54 Å². The number of hydrogen-bond acceptors (Lipinski definition) is 4. The van der Waals surface area contributed by atoms with Crippen molar-refractivity contribution >= 4 is 29.0 Å². The lowest BCUT2D eigenvalue weighted by Gasteiger charge is -2.35. The van der Waals surface area contributed by atoms with Crippen LogP contribution in [0.2, 0.25) is 5.02 Å². The number of piperazine rings is 1. The molecule has 5 nitrogen and oxygen atoms in total. The number of rotatable bonds is 4. The first-order chi connectivity index (χ1) is 11.6. The fraction of sp³-hybridized carbons (Fsp3) is 0.333. The van der Waals surface area contributed by atoms with E-state index >= 15 is 0 Å². The standard InChI is InChI=1S/C18H21ClN4O/c1-14-5-6-15(12-16(14)19)21-13-18(24)23-10-8-22(9-11-23)17-4-2-3-7-20-17/h2-7,12,21H,8-11,13H2,1H3. The molecule has 1 fully saturated rings. The molecule has 126 valence electrons. The maximum atomic E-state index is 12.4. The second-order valence-electron chi connectivity index (χ2n) is 5.87. The monoisotopic (exact) mass is 344 g/mol. The van der Waals surface area contributed by atoms with E-state index in [2.05, 4.69) is 15.2 Å². The molecule has 0 spiro atoms. The largest absolute Gasteiger partial charge is 0.376 e. The van der Waals surface area contributed by atoms with Gasteiger partial charge in [0, 0.05) is 43.1 Å². The third kappa shape index (κ3) is 3.97. The summed E-state index contributed by atoms with van der Waals surface area (Å²) < 4.78 is 0. The van der Waals surface area contributed by atoms with Crippen LogP contribution in [0.5, 0.6) is 0 Å². The zero-order valence-corrected chi connectivity index (χ0v) is 14.5. The lowest BCUT2D eigenvalue weighted by molar-refractivity contribution is -0.129. The van der Waals surface area contributed by atoms with Crippen molar-refractivity contribution in [2.24, 2.45) is 0 Å². The predicted molar refractivity (Wildman–Crippen MR) is 97.7 cm³/mol. The minimum atomic E-state index is 0.104. The van der Waals surface area contributed by atoms with Gasteiger partial charge in [0.1, 0.15) is 5.82 Å². The zero-order chi connectivity index (χ0) is 16.9. The van der Waals surface area contributed by atoms with E-state index in [0.29, 0.717) is 18.1 Å². The van der Waals surface area contributed by atoms with Crippen LogP contribution in [-0.4, -0.2) is 48.5 Å². The zero-order valence-electron chi connectivity index (χ0n) is 13.7. The first-order valence-corrected chi connectivity index (χ1v) is 8.45. The fourth-order valence-electron chi connectivity index (χ4n) is 2.72. The van der Waals surface area contributed by atoms with Crippen molar-refractivity contribution < 1.29 is 4.79 Å². The van der Waals surface area contributed by atoms with Gasteiger partial charge in [0.15, 0.2) is 0 Å². The molecular weight excluding hydrogens is 324 g/mol. The Bertz CT molecular complexity index is 699. The van der Waals surface area contributed by atoms with Gasteiger partial charge < -0.3 is 15.1 Å². The molecule has 3 rings (SSSR count). The van der Waals surface area contributed by atoms with E-state index in [9.17, 15) is 4.79 Å². The summed E-state index contributed by atoms with van der Waals surface area (Å²) in [4.78, 5) is 20.8. The van der Waals surface area contributed by atoms with Crippen LogP contribution < -0.4 is 10.2 Å². The van der Waals surface area contributed by atoms with Crippen LogP contribution in [0.3, 0.4) is 0 Å². The van der Waals surface area contributed by atoms with E-state index in [1.807, 2.05) is 48.2 Å². The maximum Gasteiger partial charge on any atom is 0.241 e. The van der Waals surface area contributed by atoms with Crippen molar-refractivity contribution in [3.05, 3.63) is 53.2 Å². The summed E-state index contributed by atoms with van der Waals surface area (Å²) in [6, 6.07) is 11.6. The summed E-state index contributed by atoms with van der Waals surface area (Å²) in [5.74, 6) is 1.07. The van der Waals surface area contributed by atoms with Crippen molar-refractivity contribution in [1.82, 2.24) is 9.88 Å². The summed E-state index contributed by atoms with van der Waals surface area (Å²) in [5.41, 5.74) is 1.89. The highest BCUT2D eigenvalue weighted by Crippen LogP contribution is 2.20. The lowest BCUT2D eigenvalue weighted by atomic mass is 10.2. The van der Waals surface area contributed by atoms with Gasteiger partial charge in [-0.3, -0.25) is 4.79 Å². The Labute approximate surface area is 147 Å². The van der Waals surface area contributed by atoms with Crippen LogP contribution in [0.4, 0.5) is 11.5 Å². The van der Waals surface area contributed by atoms with E-state index in [1.54, 1.807) is 6.20 Å². The van der Waals surface area contributed by atoms with E-state index < -0.39 is 0 Å². The van der Waals surface area contributed by atoms with Gasteiger partial charge in [-0.1, -0.05) is 23.7 Å². The molecule has 2 aromatic rings. The number of amides is 1. The number of benzene rings is 1. The van der Waals surface area contributed by atoms with Crippen molar-refractivity contribution in [1.29, 1.82) is 0 Å². The Morgan fingerprint density at radius 3 is 2.67 bits per heavy atom. The molecule has 2 heterocycles. The molecule has 1 amide bonds. The van der Waals surface area contributed by atoms with Crippen LogP contribution in [0, 0.1) is 6.92 Å². The minimum Gasteiger partial charge on any atom is -0.376 e. The Balaban J connectivity index is 1.49. The quantitative estimate of drug-likeness (QED) is 0.926. The number of carbonyl (C=O) groups excluding carboxylic acids is 1. The third-order valence-corrected chi connectivity index (χ3v) is 4.63. The average molecular weight is 345 g/mol. The SMILES string of the molecule is Cc1ccc(NCC(=O)N2CCN(c3ccccn3)CC2)cc1Cl. The molecule has 0 aliphatic carbocycles. The average Bonchev–Trinajstić information content (AvgIpc) is 2.63. The van der Waals surface area contributed by atoms with Crippen molar-refractivity contribution in [3.8, 4) is 0 Å². The van der Waals surface area contributed by atoms with Gasteiger partial charge in [0.2, 0.25) is 5.91 Å². The summed E-state index contributed by atoms with van der Waals surface area (Å²) in [6.07, 6.45) is 1.80. The summed E-state index contributed by atoms with van der Waals surface area (Å²) in [7, 11) is 0. The normalized spacial score (nSPS) is 14.6. The van der Waals surface area contributed by atoms with E-state index in [1.165, 1.54) is 0 Å². The van der Waals surface area contributed by atoms with Crippen molar-refractivity contribution in [3.63, 3.8) is 0 Å². The van der Waals surface area contributed by atoms with Gasteiger partial charge >= 0.3 is 0 Å². The van der Waals surface area contributed by atoms with Crippen LogP contribution >= 0.6 is 11.6 Å². The number of aryl methyl sites for hydroxylation is 1. The second-order valence-corrected chi connectivity index (χ2v) is 6.28. The molecule has 1 aliphatic heterocycles. The maximum absolute atomic E-state index is 12.4. The first kappa shape index (κ1) is 16.6. The number of carbonyl (C=O) groups is 1. The fourth-order valence-corrected chi connectivity index (χ4v) is 2.90. The summed E-state index contributed by atoms with van der Waals surface area (Å²) >= 11 is 6.11. The van der Waals surface area contributed by atoms with Crippen molar-refractivity contribution in [2.75, 3.05) is 42.9 Å². The van der Waals surface area contributed by atoms with Gasteiger partial charge in [-0.05, 0) is 36.8 Å². The van der Waals surface area contributed by atoms with Crippen LogP contribution in [0.25, 0.3) is 0 Å². The van der Waals surface area contributed by atoms with Gasteiger partial charge in [-0.2, -0.15) is 0 Å². The number of aromatic nitrogens is 1. The lowest BCUT2D eigenvalue weighted by Crippen LogP contribution is -2.50. The van der Waals surface area contributed by atoms with Gasteiger partial charge in [-0.25, -0.2) is 4.98 Å².